The molecule has 23 heavy (non-hydrogen) atoms. The summed E-state index contributed by atoms with van der Waals surface area (Å²) in [6.45, 7) is 1.53. The van der Waals surface area contributed by atoms with Gasteiger partial charge in [-0.2, -0.15) is 5.26 Å². The SMILES string of the molecule is C[C@H](OC(=O)CCc1cccs1)C(=O)Nc1ccc(C#N)cc1. The van der Waals surface area contributed by atoms with E-state index in [4.69, 9.17) is 10.00 Å². The number of nitrogens with zero attached hydrogens (tertiary/aromatic N) is 1. The molecule has 0 radical (unpaired) electrons. The lowest BCUT2D eigenvalue weighted by Gasteiger charge is -2.13. The summed E-state index contributed by atoms with van der Waals surface area (Å²) in [4.78, 5) is 24.8. The molecule has 0 saturated carbocycles. The van der Waals surface area contributed by atoms with Gasteiger partial charge in [-0.05, 0) is 49.1 Å². The third kappa shape index (κ3) is 5.24. The topological polar surface area (TPSA) is 79.2 Å². The van der Waals surface area contributed by atoms with E-state index in [0.717, 1.165) is 4.88 Å². The summed E-state index contributed by atoms with van der Waals surface area (Å²) in [5, 5.41) is 13.3. The van der Waals surface area contributed by atoms with Gasteiger partial charge in [-0.25, -0.2) is 0 Å². The number of nitrogens with one attached hydrogen (secondary N) is 1. The second-order valence-corrected chi connectivity index (χ2v) is 5.92. The van der Waals surface area contributed by atoms with E-state index in [-0.39, 0.29) is 6.42 Å². The smallest absolute Gasteiger partial charge is 0.306 e. The van der Waals surface area contributed by atoms with Crippen LogP contribution in [0.2, 0.25) is 0 Å². The number of benzene rings is 1. The van der Waals surface area contributed by atoms with Crippen LogP contribution in [0.15, 0.2) is 41.8 Å². The fraction of sp³-hybridized carbons (Fsp3) is 0.235. The van der Waals surface area contributed by atoms with Crippen LogP contribution in [-0.2, 0) is 20.7 Å². The van der Waals surface area contributed by atoms with Gasteiger partial charge in [-0.15, -0.1) is 11.3 Å². The summed E-state index contributed by atoms with van der Waals surface area (Å²) >= 11 is 1.58. The lowest BCUT2D eigenvalue weighted by atomic mass is 10.2. The standard InChI is InChI=1S/C17H16N2O3S/c1-12(22-16(20)9-8-15-3-2-10-23-15)17(21)19-14-6-4-13(11-18)5-7-14/h2-7,10,12H,8-9H2,1H3,(H,19,21)/t12-/m0/s1. The first-order chi connectivity index (χ1) is 11.1. The molecule has 0 aliphatic heterocycles. The first-order valence-electron chi connectivity index (χ1n) is 7.11. The molecule has 1 heterocycles. The maximum Gasteiger partial charge on any atom is 0.306 e. The van der Waals surface area contributed by atoms with Crippen molar-refractivity contribution in [1.29, 1.82) is 5.26 Å². The van der Waals surface area contributed by atoms with Crippen molar-refractivity contribution < 1.29 is 14.3 Å². The van der Waals surface area contributed by atoms with Crippen molar-refractivity contribution in [2.75, 3.05) is 5.32 Å². The predicted molar refractivity (Wildman–Crippen MR) is 88.0 cm³/mol. The molecular formula is C17H16N2O3S. The Labute approximate surface area is 138 Å². The average molecular weight is 328 g/mol. The van der Waals surface area contributed by atoms with Crippen molar-refractivity contribution in [2.24, 2.45) is 0 Å². The Morgan fingerprint density at radius 2 is 2.04 bits per heavy atom. The highest BCUT2D eigenvalue weighted by atomic mass is 32.1. The van der Waals surface area contributed by atoms with Gasteiger partial charge in [0.25, 0.3) is 5.91 Å². The monoisotopic (exact) mass is 328 g/mol. The van der Waals surface area contributed by atoms with E-state index in [1.807, 2.05) is 23.6 Å². The van der Waals surface area contributed by atoms with Crippen LogP contribution in [0.5, 0.6) is 0 Å². The van der Waals surface area contributed by atoms with Crippen LogP contribution in [-0.4, -0.2) is 18.0 Å². The lowest BCUT2D eigenvalue weighted by molar-refractivity contribution is -0.153. The number of esters is 1. The molecule has 1 aromatic heterocycles. The molecule has 1 N–H and O–H groups in total. The second kappa shape index (κ2) is 8.11. The van der Waals surface area contributed by atoms with Crippen LogP contribution in [0.4, 0.5) is 5.69 Å². The average Bonchev–Trinajstić information content (AvgIpc) is 3.07. The molecule has 2 rings (SSSR count). The number of aryl methyl sites for hydroxylation is 1. The molecule has 1 aromatic carbocycles. The highest BCUT2D eigenvalue weighted by Gasteiger charge is 2.17. The van der Waals surface area contributed by atoms with Gasteiger partial charge in [0.05, 0.1) is 18.1 Å². The molecular weight excluding hydrogens is 312 g/mol. The van der Waals surface area contributed by atoms with E-state index in [2.05, 4.69) is 5.32 Å². The zero-order chi connectivity index (χ0) is 16.7. The van der Waals surface area contributed by atoms with Crippen LogP contribution in [0.25, 0.3) is 0 Å². The van der Waals surface area contributed by atoms with Crippen molar-refractivity contribution in [3.8, 4) is 6.07 Å². The molecule has 1 amide bonds. The molecule has 0 spiro atoms. The van der Waals surface area contributed by atoms with Gasteiger partial charge in [0, 0.05) is 10.6 Å². The van der Waals surface area contributed by atoms with Gasteiger partial charge in [0.1, 0.15) is 0 Å². The first-order valence-corrected chi connectivity index (χ1v) is 7.99. The Hall–Kier alpha value is -2.65. The summed E-state index contributed by atoms with van der Waals surface area (Å²) in [7, 11) is 0. The van der Waals surface area contributed by atoms with Gasteiger partial charge >= 0.3 is 5.97 Å². The van der Waals surface area contributed by atoms with E-state index in [1.54, 1.807) is 35.6 Å². The van der Waals surface area contributed by atoms with Crippen LogP contribution in [0.3, 0.4) is 0 Å². The number of thiophene rings is 1. The summed E-state index contributed by atoms with van der Waals surface area (Å²) in [6, 6.07) is 12.4. The summed E-state index contributed by atoms with van der Waals surface area (Å²) in [5.41, 5.74) is 1.06. The number of nitriles is 1. The fourth-order valence-electron chi connectivity index (χ4n) is 1.86. The Morgan fingerprint density at radius 3 is 2.65 bits per heavy atom. The molecule has 0 bridgehead atoms. The van der Waals surface area contributed by atoms with E-state index in [0.29, 0.717) is 17.7 Å². The number of rotatable bonds is 6. The highest BCUT2D eigenvalue weighted by Crippen LogP contribution is 2.12. The third-order valence-corrected chi connectivity index (χ3v) is 4.05. The molecule has 0 saturated heterocycles. The number of hydrogen-bond acceptors (Lipinski definition) is 5. The van der Waals surface area contributed by atoms with E-state index < -0.39 is 18.0 Å². The normalized spacial score (nSPS) is 11.3. The Bertz CT molecular complexity index is 702. The van der Waals surface area contributed by atoms with E-state index >= 15 is 0 Å². The molecule has 0 fully saturated rings. The number of hydrogen-bond donors (Lipinski definition) is 1. The number of carbonyl (C=O) groups excluding carboxylic acids is 2. The van der Waals surface area contributed by atoms with Gasteiger partial charge < -0.3 is 10.1 Å². The van der Waals surface area contributed by atoms with Crippen LogP contribution < -0.4 is 5.32 Å². The molecule has 1 atom stereocenters. The van der Waals surface area contributed by atoms with Crippen molar-refractivity contribution >= 4 is 28.9 Å². The van der Waals surface area contributed by atoms with Gasteiger partial charge in [-0.3, -0.25) is 9.59 Å². The lowest BCUT2D eigenvalue weighted by Crippen LogP contribution is -2.30. The second-order valence-electron chi connectivity index (χ2n) is 4.89. The zero-order valence-corrected chi connectivity index (χ0v) is 13.4. The minimum atomic E-state index is -0.874. The van der Waals surface area contributed by atoms with Gasteiger partial charge in [0.2, 0.25) is 0 Å². The molecule has 5 nitrogen and oxygen atoms in total. The third-order valence-electron chi connectivity index (χ3n) is 3.11. The van der Waals surface area contributed by atoms with Crippen molar-refractivity contribution in [3.63, 3.8) is 0 Å². The Balaban J connectivity index is 1.79. The van der Waals surface area contributed by atoms with Crippen molar-refractivity contribution in [1.82, 2.24) is 0 Å². The first kappa shape index (κ1) is 16.7. The van der Waals surface area contributed by atoms with Crippen LogP contribution in [0, 0.1) is 11.3 Å². The molecule has 0 aliphatic rings. The maximum absolute atomic E-state index is 12.0. The van der Waals surface area contributed by atoms with Crippen LogP contribution >= 0.6 is 11.3 Å². The van der Waals surface area contributed by atoms with E-state index in [9.17, 15) is 9.59 Å². The molecule has 118 valence electrons. The van der Waals surface area contributed by atoms with Gasteiger partial charge in [0.15, 0.2) is 6.10 Å². The summed E-state index contributed by atoms with van der Waals surface area (Å²) in [6.07, 6.45) is -0.0170. The summed E-state index contributed by atoms with van der Waals surface area (Å²) in [5.74, 6) is -0.806. The summed E-state index contributed by atoms with van der Waals surface area (Å²) < 4.78 is 5.13. The quantitative estimate of drug-likeness (QED) is 0.826. The zero-order valence-electron chi connectivity index (χ0n) is 12.6. The molecule has 2 aromatic rings. The fourth-order valence-corrected chi connectivity index (χ4v) is 2.57. The van der Waals surface area contributed by atoms with Crippen molar-refractivity contribution in [3.05, 3.63) is 52.2 Å². The van der Waals surface area contributed by atoms with Gasteiger partial charge in [-0.1, -0.05) is 6.07 Å². The minimum Gasteiger partial charge on any atom is -0.453 e. The van der Waals surface area contributed by atoms with E-state index in [1.165, 1.54) is 6.92 Å². The molecule has 6 heteroatoms. The molecule has 0 unspecified atom stereocenters. The minimum absolute atomic E-state index is 0.245. The van der Waals surface area contributed by atoms with Crippen molar-refractivity contribution in [2.45, 2.75) is 25.9 Å². The molecule has 0 aliphatic carbocycles. The van der Waals surface area contributed by atoms with Crippen LogP contribution in [0.1, 0.15) is 23.8 Å². The number of anilines is 1. The predicted octanol–water partition coefficient (Wildman–Crippen LogP) is 3.12. The Kier molecular flexibility index (Phi) is 5.89. The Morgan fingerprint density at radius 1 is 1.30 bits per heavy atom. The number of amides is 1. The maximum atomic E-state index is 12.0. The highest BCUT2D eigenvalue weighted by molar-refractivity contribution is 7.09. The largest absolute Gasteiger partial charge is 0.453 e. The number of carbonyl (C=O) groups is 2. The number of ether oxygens (including phenoxy) is 1.